The van der Waals surface area contributed by atoms with E-state index in [4.69, 9.17) is 0 Å². The summed E-state index contributed by atoms with van der Waals surface area (Å²) in [6.45, 7) is 4.12. The van der Waals surface area contributed by atoms with E-state index in [1.54, 1.807) is 24.3 Å². The van der Waals surface area contributed by atoms with Crippen molar-refractivity contribution < 1.29 is 19.1 Å². The zero-order valence-corrected chi connectivity index (χ0v) is 17.0. The first-order valence-corrected chi connectivity index (χ1v) is 9.89. The molecule has 2 aromatic rings. The molecular formula is C23H26N2O4. The number of esters is 1. The molecule has 3 rings (SSSR count). The average Bonchev–Trinajstić information content (AvgIpc) is 3.55. The second-order valence-corrected chi connectivity index (χ2v) is 7.15. The number of benzene rings is 2. The lowest BCUT2D eigenvalue weighted by Crippen LogP contribution is -2.21. The van der Waals surface area contributed by atoms with Crippen molar-refractivity contribution in [2.45, 2.75) is 33.1 Å². The Morgan fingerprint density at radius 1 is 0.897 bits per heavy atom. The number of hydrogen-bond acceptors (Lipinski definition) is 4. The summed E-state index contributed by atoms with van der Waals surface area (Å²) in [5.41, 5.74) is 4.08. The summed E-state index contributed by atoms with van der Waals surface area (Å²) in [6.07, 6.45) is 2.20. The number of aryl methyl sites for hydroxylation is 2. The molecule has 2 aromatic carbocycles. The Hall–Kier alpha value is -3.15. The van der Waals surface area contributed by atoms with E-state index in [0.29, 0.717) is 17.7 Å². The van der Waals surface area contributed by atoms with Crippen LogP contribution in [-0.4, -0.2) is 24.9 Å². The van der Waals surface area contributed by atoms with Gasteiger partial charge in [0.1, 0.15) is 0 Å². The second-order valence-electron chi connectivity index (χ2n) is 7.15. The van der Waals surface area contributed by atoms with Gasteiger partial charge in [0.25, 0.3) is 0 Å². The van der Waals surface area contributed by atoms with Crippen LogP contribution in [0.4, 0.5) is 11.4 Å². The third-order valence-corrected chi connectivity index (χ3v) is 5.28. The van der Waals surface area contributed by atoms with Crippen molar-refractivity contribution >= 4 is 29.2 Å². The largest absolute Gasteiger partial charge is 0.465 e. The lowest BCUT2D eigenvalue weighted by atomic mass is 10.0. The number of para-hydroxylation sites is 1. The monoisotopic (exact) mass is 394 g/mol. The molecule has 6 heteroatoms. The van der Waals surface area contributed by atoms with Crippen molar-refractivity contribution in [2.24, 2.45) is 11.8 Å². The number of carbonyl (C=O) groups is 3. The van der Waals surface area contributed by atoms with Crippen LogP contribution in [0.25, 0.3) is 0 Å². The van der Waals surface area contributed by atoms with Crippen molar-refractivity contribution in [3.05, 3.63) is 59.2 Å². The third kappa shape index (κ3) is 4.65. The molecule has 152 valence electrons. The summed E-state index contributed by atoms with van der Waals surface area (Å²) in [4.78, 5) is 36.6. The molecule has 1 aliphatic rings. The molecule has 0 bridgehead atoms. The number of carbonyl (C=O) groups excluding carboxylic acids is 3. The SMILES string of the molecule is CCc1cccc(CC)c1NC(=O)C1CC1C(=O)Nc1ccc(C(=O)OC)cc1. The molecule has 0 radical (unpaired) electrons. The molecule has 2 unspecified atom stereocenters. The van der Waals surface area contributed by atoms with E-state index < -0.39 is 5.97 Å². The molecule has 6 nitrogen and oxygen atoms in total. The van der Waals surface area contributed by atoms with Gasteiger partial charge < -0.3 is 15.4 Å². The predicted octanol–water partition coefficient (Wildman–Crippen LogP) is 3.81. The molecule has 2 amide bonds. The summed E-state index contributed by atoms with van der Waals surface area (Å²) in [5, 5.41) is 5.86. The van der Waals surface area contributed by atoms with Crippen LogP contribution in [0.1, 0.15) is 41.8 Å². The zero-order valence-electron chi connectivity index (χ0n) is 17.0. The highest BCUT2D eigenvalue weighted by Gasteiger charge is 2.48. The van der Waals surface area contributed by atoms with Gasteiger partial charge in [-0.3, -0.25) is 9.59 Å². The number of methoxy groups -OCH3 is 1. The van der Waals surface area contributed by atoms with Gasteiger partial charge in [-0.05, 0) is 54.7 Å². The van der Waals surface area contributed by atoms with Gasteiger partial charge in [0, 0.05) is 11.4 Å². The van der Waals surface area contributed by atoms with E-state index in [0.717, 1.165) is 29.7 Å². The molecule has 2 atom stereocenters. The van der Waals surface area contributed by atoms with E-state index in [9.17, 15) is 14.4 Å². The second kappa shape index (κ2) is 8.90. The molecule has 29 heavy (non-hydrogen) atoms. The molecule has 1 aliphatic carbocycles. The lowest BCUT2D eigenvalue weighted by Gasteiger charge is -2.14. The Balaban J connectivity index is 1.60. The molecule has 2 N–H and O–H groups in total. The predicted molar refractivity (Wildman–Crippen MR) is 112 cm³/mol. The minimum atomic E-state index is -0.430. The summed E-state index contributed by atoms with van der Waals surface area (Å²) < 4.78 is 4.66. The maximum atomic E-state index is 12.7. The summed E-state index contributed by atoms with van der Waals surface area (Å²) in [5.74, 6) is -1.38. The van der Waals surface area contributed by atoms with E-state index in [-0.39, 0.29) is 23.7 Å². The Kier molecular flexibility index (Phi) is 6.32. The van der Waals surface area contributed by atoms with Crippen LogP contribution in [-0.2, 0) is 27.2 Å². The van der Waals surface area contributed by atoms with Crippen LogP contribution in [0.3, 0.4) is 0 Å². The van der Waals surface area contributed by atoms with Gasteiger partial charge in [-0.25, -0.2) is 4.79 Å². The molecule has 1 saturated carbocycles. The summed E-state index contributed by atoms with van der Waals surface area (Å²) >= 11 is 0. The Bertz CT molecular complexity index is 899. The molecule has 0 heterocycles. The third-order valence-electron chi connectivity index (χ3n) is 5.28. The van der Waals surface area contributed by atoms with Gasteiger partial charge in [0.15, 0.2) is 0 Å². The number of ether oxygens (including phenoxy) is 1. The van der Waals surface area contributed by atoms with Crippen LogP contribution >= 0.6 is 0 Å². The van der Waals surface area contributed by atoms with Crippen molar-refractivity contribution in [1.82, 2.24) is 0 Å². The van der Waals surface area contributed by atoms with E-state index in [1.165, 1.54) is 7.11 Å². The molecular weight excluding hydrogens is 368 g/mol. The van der Waals surface area contributed by atoms with Gasteiger partial charge in [0.05, 0.1) is 24.5 Å². The van der Waals surface area contributed by atoms with E-state index >= 15 is 0 Å². The van der Waals surface area contributed by atoms with Crippen molar-refractivity contribution in [2.75, 3.05) is 17.7 Å². The van der Waals surface area contributed by atoms with Gasteiger partial charge in [-0.15, -0.1) is 0 Å². The molecule has 0 saturated heterocycles. The average molecular weight is 394 g/mol. The van der Waals surface area contributed by atoms with Crippen LogP contribution in [0.5, 0.6) is 0 Å². The van der Waals surface area contributed by atoms with Gasteiger partial charge >= 0.3 is 5.97 Å². The highest BCUT2D eigenvalue weighted by molar-refractivity contribution is 6.04. The summed E-state index contributed by atoms with van der Waals surface area (Å²) in [7, 11) is 1.32. The van der Waals surface area contributed by atoms with Gasteiger partial charge in [0.2, 0.25) is 11.8 Å². The highest BCUT2D eigenvalue weighted by atomic mass is 16.5. The highest BCUT2D eigenvalue weighted by Crippen LogP contribution is 2.40. The topological polar surface area (TPSA) is 84.5 Å². The number of nitrogens with one attached hydrogen (secondary N) is 2. The standard InChI is InChI=1S/C23H26N2O4/c1-4-14-7-6-8-15(5-2)20(14)25-22(27)19-13-18(19)21(26)24-17-11-9-16(10-12-17)23(28)29-3/h6-12,18-19H,4-5,13H2,1-3H3,(H,24,26)(H,25,27). The minimum Gasteiger partial charge on any atom is -0.465 e. The van der Waals surface area contributed by atoms with Crippen LogP contribution in [0, 0.1) is 11.8 Å². The molecule has 0 aliphatic heterocycles. The van der Waals surface area contributed by atoms with Crippen LogP contribution in [0.2, 0.25) is 0 Å². The number of anilines is 2. The zero-order chi connectivity index (χ0) is 21.0. The maximum absolute atomic E-state index is 12.7. The van der Waals surface area contributed by atoms with Crippen molar-refractivity contribution in [3.63, 3.8) is 0 Å². The molecule has 0 aromatic heterocycles. The Labute approximate surface area is 170 Å². The fourth-order valence-corrected chi connectivity index (χ4v) is 3.44. The first-order chi connectivity index (χ1) is 14.0. The first kappa shape index (κ1) is 20.6. The normalized spacial score (nSPS) is 17.3. The minimum absolute atomic E-state index is 0.109. The van der Waals surface area contributed by atoms with Crippen LogP contribution < -0.4 is 10.6 Å². The fourth-order valence-electron chi connectivity index (χ4n) is 3.44. The number of hydrogen-bond donors (Lipinski definition) is 2. The Morgan fingerprint density at radius 2 is 1.45 bits per heavy atom. The fraction of sp³-hybridized carbons (Fsp3) is 0.348. The lowest BCUT2D eigenvalue weighted by molar-refractivity contribution is -0.122. The molecule has 0 spiro atoms. The number of rotatable bonds is 7. The summed E-state index contributed by atoms with van der Waals surface area (Å²) in [6, 6.07) is 12.5. The Morgan fingerprint density at radius 3 is 1.97 bits per heavy atom. The van der Waals surface area contributed by atoms with Crippen molar-refractivity contribution in [3.8, 4) is 0 Å². The van der Waals surface area contributed by atoms with Crippen molar-refractivity contribution in [1.29, 1.82) is 0 Å². The molecule has 1 fully saturated rings. The number of amides is 2. The van der Waals surface area contributed by atoms with Gasteiger partial charge in [-0.2, -0.15) is 0 Å². The quantitative estimate of drug-likeness (QED) is 0.700. The van der Waals surface area contributed by atoms with E-state index in [2.05, 4.69) is 29.2 Å². The van der Waals surface area contributed by atoms with Gasteiger partial charge in [-0.1, -0.05) is 32.0 Å². The van der Waals surface area contributed by atoms with Crippen LogP contribution in [0.15, 0.2) is 42.5 Å². The first-order valence-electron chi connectivity index (χ1n) is 9.89. The smallest absolute Gasteiger partial charge is 0.337 e. The maximum Gasteiger partial charge on any atom is 0.337 e. The van der Waals surface area contributed by atoms with E-state index in [1.807, 2.05) is 18.2 Å².